The molecule has 0 spiro atoms. The number of para-hydroxylation sites is 1. The molecule has 2 fully saturated rings. The smallest absolute Gasteiger partial charge is 0.335 e. The van der Waals surface area contributed by atoms with Crippen LogP contribution in [0.3, 0.4) is 0 Å². The second-order valence-corrected chi connectivity index (χ2v) is 12.1. The highest BCUT2D eigenvalue weighted by molar-refractivity contribution is 6.03. The fourth-order valence-corrected chi connectivity index (χ4v) is 7.92. The van der Waals surface area contributed by atoms with Gasteiger partial charge >= 0.3 is 5.97 Å². The van der Waals surface area contributed by atoms with Crippen LogP contribution in [0.1, 0.15) is 92.6 Å². The van der Waals surface area contributed by atoms with Crippen molar-refractivity contribution in [1.29, 1.82) is 0 Å². The van der Waals surface area contributed by atoms with Crippen LogP contribution in [0.25, 0.3) is 33.1 Å². The van der Waals surface area contributed by atoms with Crippen molar-refractivity contribution in [1.82, 2.24) is 14.0 Å². The Kier molecular flexibility index (Phi) is 5.88. The van der Waals surface area contributed by atoms with Crippen LogP contribution in [-0.2, 0) is 19.6 Å². The molecule has 1 aliphatic carbocycles. The molecule has 0 bridgehead atoms. The Labute approximate surface area is 225 Å². The number of nitrogens with zero attached hydrogens (tertiary/aromatic N) is 3. The lowest BCUT2D eigenvalue weighted by molar-refractivity contribution is 0.0697. The maximum absolute atomic E-state index is 11.9. The van der Waals surface area contributed by atoms with E-state index in [2.05, 4.69) is 58.3 Å². The van der Waals surface area contributed by atoms with Crippen LogP contribution in [0.4, 0.5) is 0 Å². The van der Waals surface area contributed by atoms with Crippen LogP contribution < -0.4 is 0 Å². The number of likely N-dealkylation sites (tertiary alicyclic amines) is 1. The lowest BCUT2D eigenvalue weighted by Gasteiger charge is -2.25. The summed E-state index contributed by atoms with van der Waals surface area (Å²) in [5, 5.41) is 12.4. The van der Waals surface area contributed by atoms with Crippen LogP contribution in [-0.4, -0.2) is 37.2 Å². The van der Waals surface area contributed by atoms with Gasteiger partial charge in [0, 0.05) is 59.8 Å². The van der Waals surface area contributed by atoms with Gasteiger partial charge in [0.2, 0.25) is 0 Å². The summed E-state index contributed by atoms with van der Waals surface area (Å²) in [5.41, 5.74) is 8.41. The zero-order valence-corrected chi connectivity index (χ0v) is 22.7. The van der Waals surface area contributed by atoms with Gasteiger partial charge in [0.25, 0.3) is 0 Å². The van der Waals surface area contributed by atoms with Crippen LogP contribution in [0.2, 0.25) is 0 Å². The zero-order valence-electron chi connectivity index (χ0n) is 22.7. The topological polar surface area (TPSA) is 50.4 Å². The molecule has 2 aromatic carbocycles. The number of aromatic carboxylic acids is 1. The molecule has 5 nitrogen and oxygen atoms in total. The predicted molar refractivity (Wildman–Crippen MR) is 154 cm³/mol. The van der Waals surface area contributed by atoms with Crippen molar-refractivity contribution in [2.75, 3.05) is 0 Å². The quantitative estimate of drug-likeness (QED) is 0.305. The Morgan fingerprint density at radius 1 is 0.921 bits per heavy atom. The van der Waals surface area contributed by atoms with Gasteiger partial charge in [-0.2, -0.15) is 0 Å². The van der Waals surface area contributed by atoms with E-state index in [1.54, 1.807) is 0 Å². The molecular weight excluding hydrogens is 470 g/mol. The van der Waals surface area contributed by atoms with Gasteiger partial charge in [0.15, 0.2) is 0 Å². The van der Waals surface area contributed by atoms with E-state index in [4.69, 9.17) is 0 Å². The van der Waals surface area contributed by atoms with E-state index in [0.717, 1.165) is 31.6 Å². The minimum atomic E-state index is -0.849. The molecule has 2 unspecified atom stereocenters. The van der Waals surface area contributed by atoms with E-state index >= 15 is 0 Å². The molecular formula is C33H39N3O2. The molecule has 7 rings (SSSR count). The summed E-state index contributed by atoms with van der Waals surface area (Å²) < 4.78 is 5.00. The van der Waals surface area contributed by atoms with Gasteiger partial charge in [-0.25, -0.2) is 4.79 Å². The molecule has 198 valence electrons. The highest BCUT2D eigenvalue weighted by Crippen LogP contribution is 2.47. The Balaban J connectivity index is 1.47. The van der Waals surface area contributed by atoms with Crippen molar-refractivity contribution in [2.45, 2.75) is 103 Å². The van der Waals surface area contributed by atoms with Gasteiger partial charge in [0.1, 0.15) is 0 Å². The monoisotopic (exact) mass is 509 g/mol. The number of fused-ring (bicyclic) bond motifs is 4. The van der Waals surface area contributed by atoms with Crippen molar-refractivity contribution in [3.05, 3.63) is 59.3 Å². The first-order valence-electron chi connectivity index (χ1n) is 14.8. The summed E-state index contributed by atoms with van der Waals surface area (Å²) in [4.78, 5) is 14.6. The highest BCUT2D eigenvalue weighted by Gasteiger charge is 2.31. The van der Waals surface area contributed by atoms with Gasteiger partial charge in [-0.1, -0.05) is 43.5 Å². The van der Waals surface area contributed by atoms with Crippen LogP contribution in [0.15, 0.2) is 42.6 Å². The summed E-state index contributed by atoms with van der Waals surface area (Å²) >= 11 is 0. The minimum Gasteiger partial charge on any atom is -0.478 e. The van der Waals surface area contributed by atoms with Gasteiger partial charge in [-0.05, 0) is 75.1 Å². The molecule has 1 saturated heterocycles. The Morgan fingerprint density at radius 3 is 2.47 bits per heavy atom. The van der Waals surface area contributed by atoms with Crippen molar-refractivity contribution in [3.8, 4) is 11.3 Å². The fraction of sp³-hybridized carbons (Fsp3) is 0.485. The number of hydrogen-bond acceptors (Lipinski definition) is 2. The van der Waals surface area contributed by atoms with E-state index in [1.165, 1.54) is 83.6 Å². The van der Waals surface area contributed by atoms with E-state index < -0.39 is 5.97 Å². The summed E-state index contributed by atoms with van der Waals surface area (Å²) in [5.74, 6) is -0.319. The number of hydrogen-bond donors (Lipinski definition) is 1. The lowest BCUT2D eigenvalue weighted by Crippen LogP contribution is -2.31. The highest BCUT2D eigenvalue weighted by atomic mass is 16.4. The molecule has 5 heteroatoms. The Morgan fingerprint density at radius 2 is 1.71 bits per heavy atom. The average molecular weight is 510 g/mol. The number of benzene rings is 2. The van der Waals surface area contributed by atoms with Crippen molar-refractivity contribution in [2.24, 2.45) is 0 Å². The van der Waals surface area contributed by atoms with Crippen molar-refractivity contribution >= 4 is 27.8 Å². The third-order valence-corrected chi connectivity index (χ3v) is 9.87. The van der Waals surface area contributed by atoms with Gasteiger partial charge in [-0.15, -0.1) is 0 Å². The number of carbonyl (C=O) groups is 1. The fourth-order valence-electron chi connectivity index (χ4n) is 7.92. The zero-order chi connectivity index (χ0) is 26.0. The number of aryl methyl sites for hydroxylation is 2. The van der Waals surface area contributed by atoms with Gasteiger partial charge in [0.05, 0.1) is 16.8 Å². The Bertz CT molecular complexity index is 1530. The van der Waals surface area contributed by atoms with Gasteiger partial charge < -0.3 is 14.2 Å². The van der Waals surface area contributed by atoms with E-state index in [1.807, 2.05) is 12.1 Å². The largest absolute Gasteiger partial charge is 0.478 e. The molecule has 4 aromatic rings. The normalized spacial score (nSPS) is 22.6. The molecule has 1 saturated carbocycles. The van der Waals surface area contributed by atoms with E-state index in [-0.39, 0.29) is 0 Å². The summed E-state index contributed by atoms with van der Waals surface area (Å²) in [6.45, 7) is 7.65. The molecule has 0 amide bonds. The molecule has 0 radical (unpaired) electrons. The number of carboxylic acids is 1. The summed E-state index contributed by atoms with van der Waals surface area (Å²) in [6, 6.07) is 14.0. The van der Waals surface area contributed by atoms with Crippen LogP contribution >= 0.6 is 0 Å². The second kappa shape index (κ2) is 9.30. The molecule has 1 N–H and O–H groups in total. The maximum atomic E-state index is 11.9. The number of carboxylic acid groups (broad SMARTS) is 1. The lowest BCUT2D eigenvalue weighted by atomic mass is 9.81. The Hall–Kier alpha value is -3.05. The second-order valence-electron chi connectivity index (χ2n) is 12.1. The number of aromatic nitrogens is 2. The molecule has 2 aliphatic heterocycles. The first-order valence-corrected chi connectivity index (χ1v) is 14.8. The summed E-state index contributed by atoms with van der Waals surface area (Å²) in [6.07, 6.45) is 12.4. The molecule has 3 aliphatic rings. The standard InChI is InChI=1S/C33H39N3O2/c1-21-12-13-22(2)36(21)20-25-19-34-16-7-17-35-29-18-24(33(37)38)14-15-27(29)30(23-8-4-3-5-9-23)32(35)28-11-6-10-26(25)31(28)34/h6,10-11,14-15,18-19,21-23H,3-5,7-9,12-13,16-17,20H2,1-2H3,(H,37,38). The van der Waals surface area contributed by atoms with Crippen LogP contribution in [0, 0.1) is 0 Å². The third-order valence-electron chi connectivity index (χ3n) is 9.87. The molecule has 2 aromatic heterocycles. The first-order chi connectivity index (χ1) is 18.5. The van der Waals surface area contributed by atoms with Crippen molar-refractivity contribution < 1.29 is 9.90 Å². The maximum Gasteiger partial charge on any atom is 0.335 e. The van der Waals surface area contributed by atoms with Gasteiger partial charge in [-0.3, -0.25) is 4.90 Å². The number of rotatable bonds is 4. The summed E-state index contributed by atoms with van der Waals surface area (Å²) in [7, 11) is 0. The molecule has 4 heterocycles. The SMILES string of the molecule is CC1CCC(C)N1Cc1cn2c3c(cccc13)-c1c(C3CCCCC3)c3ccc(C(=O)O)cc3n1CCC2. The minimum absolute atomic E-state index is 0.382. The van der Waals surface area contributed by atoms with E-state index in [9.17, 15) is 9.90 Å². The van der Waals surface area contributed by atoms with Crippen LogP contribution in [0.5, 0.6) is 0 Å². The third kappa shape index (κ3) is 3.73. The average Bonchev–Trinajstić information content (AvgIpc) is 3.55. The molecule has 38 heavy (non-hydrogen) atoms. The first kappa shape index (κ1) is 24.0. The van der Waals surface area contributed by atoms with Crippen molar-refractivity contribution in [3.63, 3.8) is 0 Å². The molecule has 2 atom stereocenters. The predicted octanol–water partition coefficient (Wildman–Crippen LogP) is 7.79. The van der Waals surface area contributed by atoms with E-state index in [0.29, 0.717) is 23.6 Å².